The number of hydrogen-bond acceptors (Lipinski definition) is 14. The summed E-state index contributed by atoms with van der Waals surface area (Å²) in [6.07, 6.45) is -9.43. The number of aromatic hydroxyl groups is 2. The van der Waals surface area contributed by atoms with Crippen LogP contribution in [0.5, 0.6) is 23.0 Å². The summed E-state index contributed by atoms with van der Waals surface area (Å²) in [4.78, 5) is 23.8. The Hall–Kier alpha value is -3.70. The number of hydrogen-bond donors (Lipinski definition) is 7. The summed E-state index contributed by atoms with van der Waals surface area (Å²) >= 11 is 0. The second-order valence-corrected chi connectivity index (χ2v) is 9.15. The Morgan fingerprint density at radius 2 is 1.75 bits per heavy atom. The van der Waals surface area contributed by atoms with Gasteiger partial charge in [-0.2, -0.15) is 0 Å². The van der Waals surface area contributed by atoms with Crippen molar-refractivity contribution in [3.8, 4) is 23.0 Å². The zero-order chi connectivity index (χ0) is 29.2. The third kappa shape index (κ3) is 6.05. The van der Waals surface area contributed by atoms with E-state index >= 15 is 0 Å². The Balaban J connectivity index is 1.43. The van der Waals surface area contributed by atoms with Gasteiger partial charge in [0.2, 0.25) is 6.29 Å². The Morgan fingerprint density at radius 1 is 1.02 bits per heavy atom. The van der Waals surface area contributed by atoms with Gasteiger partial charge in [-0.05, 0) is 36.4 Å². The molecule has 2 heterocycles. The van der Waals surface area contributed by atoms with Gasteiger partial charge in [0.25, 0.3) is 0 Å². The monoisotopic (exact) mass is 568 g/mol. The number of aliphatic hydroxyl groups excluding tert-OH is 3. The maximum atomic E-state index is 12.4. The first-order valence-corrected chi connectivity index (χ1v) is 11.9. The minimum Gasteiger partial charge on any atom is -0.507 e. The van der Waals surface area contributed by atoms with Gasteiger partial charge < -0.3 is 64.2 Å². The summed E-state index contributed by atoms with van der Waals surface area (Å²) in [7, 11) is 1.29. The maximum Gasteiger partial charge on any atom is 0.339 e. The third-order valence-electron chi connectivity index (χ3n) is 6.35. The largest absolute Gasteiger partial charge is 0.507 e. The third-order valence-corrected chi connectivity index (χ3v) is 6.35. The average molecular weight is 568 g/mol. The predicted octanol–water partition coefficient (Wildman–Crippen LogP) is -1.05. The Morgan fingerprint density at radius 3 is 2.45 bits per heavy atom. The molecule has 0 spiro atoms. The number of carbonyl (C=O) groups is 2. The smallest absolute Gasteiger partial charge is 0.339 e. The fourth-order valence-corrected chi connectivity index (χ4v) is 4.04. The summed E-state index contributed by atoms with van der Waals surface area (Å²) < 4.78 is 32.0. The molecule has 2 aromatic rings. The molecule has 0 aliphatic carbocycles. The van der Waals surface area contributed by atoms with Gasteiger partial charge in [-0.15, -0.1) is 0 Å². The molecule has 7 unspecified atom stereocenters. The van der Waals surface area contributed by atoms with Gasteiger partial charge in [0.05, 0.1) is 25.9 Å². The van der Waals surface area contributed by atoms with Crippen molar-refractivity contribution < 1.29 is 73.8 Å². The fraction of sp³-hybridized carbons (Fsp3) is 0.440. The van der Waals surface area contributed by atoms with Gasteiger partial charge in [-0.3, -0.25) is 0 Å². The molecule has 40 heavy (non-hydrogen) atoms. The highest BCUT2D eigenvalue weighted by molar-refractivity contribution is 5.91. The average Bonchev–Trinajstić information content (AvgIpc) is 3.21. The maximum absolute atomic E-state index is 12.4. The highest BCUT2D eigenvalue weighted by atomic mass is 16.8. The van der Waals surface area contributed by atoms with Gasteiger partial charge in [0.15, 0.2) is 29.5 Å². The molecule has 2 aromatic carbocycles. The molecular formula is C25H28O15. The van der Waals surface area contributed by atoms with Crippen molar-refractivity contribution in [2.45, 2.75) is 42.6 Å². The van der Waals surface area contributed by atoms with Crippen molar-refractivity contribution in [1.82, 2.24) is 0 Å². The fourth-order valence-electron chi connectivity index (χ4n) is 4.04. The van der Waals surface area contributed by atoms with Crippen molar-refractivity contribution in [3.05, 3.63) is 47.5 Å². The number of aromatic carboxylic acids is 1. The van der Waals surface area contributed by atoms with Crippen LogP contribution in [0.1, 0.15) is 20.7 Å². The molecule has 0 saturated carbocycles. The van der Waals surface area contributed by atoms with E-state index < -0.39 is 79.1 Å². The van der Waals surface area contributed by atoms with Crippen LogP contribution in [0.3, 0.4) is 0 Å². The van der Waals surface area contributed by atoms with Gasteiger partial charge in [-0.25, -0.2) is 9.59 Å². The molecule has 2 saturated heterocycles. The predicted molar refractivity (Wildman–Crippen MR) is 128 cm³/mol. The van der Waals surface area contributed by atoms with Crippen LogP contribution >= 0.6 is 0 Å². The lowest BCUT2D eigenvalue weighted by Crippen LogP contribution is -2.58. The summed E-state index contributed by atoms with van der Waals surface area (Å²) in [5.41, 5.74) is -2.60. The molecule has 2 aliphatic rings. The molecule has 2 fully saturated rings. The molecule has 7 N–H and O–H groups in total. The number of benzene rings is 2. The van der Waals surface area contributed by atoms with Crippen molar-refractivity contribution in [2.75, 3.05) is 26.9 Å². The topological polar surface area (TPSA) is 231 Å². The van der Waals surface area contributed by atoms with E-state index in [4.69, 9.17) is 28.4 Å². The van der Waals surface area contributed by atoms with E-state index in [-0.39, 0.29) is 29.4 Å². The standard InChI is InChI=1S/C25H28O15/c1-35-17-6-11(2-4-15(17)27)22(33)37-9-25(34)10-38-24(20(25)30)40-19-18(29)16(28)8-36-23(19)39-12-3-5-14(26)13(7-12)21(31)32/h2-7,16,18-20,23-24,26-30,34H,8-10H2,1H3,(H,31,32). The van der Waals surface area contributed by atoms with Crippen molar-refractivity contribution in [1.29, 1.82) is 0 Å². The summed E-state index contributed by atoms with van der Waals surface area (Å²) in [5.74, 6) is -3.11. The number of phenolic OH excluding ortho intramolecular Hbond substituents is 1. The Bertz CT molecular complexity index is 1230. The first-order chi connectivity index (χ1) is 18.9. The van der Waals surface area contributed by atoms with Gasteiger partial charge in [-0.1, -0.05) is 0 Å². The number of carboxylic acids is 1. The lowest BCUT2D eigenvalue weighted by atomic mass is 10.0. The number of esters is 1. The van der Waals surface area contributed by atoms with Crippen LogP contribution in [0.4, 0.5) is 0 Å². The second-order valence-electron chi connectivity index (χ2n) is 9.15. The van der Waals surface area contributed by atoms with Crippen molar-refractivity contribution >= 4 is 11.9 Å². The molecule has 0 aromatic heterocycles. The second kappa shape index (κ2) is 11.8. The summed E-state index contributed by atoms with van der Waals surface area (Å²) in [6, 6.07) is 7.01. The number of rotatable bonds is 9. The van der Waals surface area contributed by atoms with E-state index in [1.54, 1.807) is 0 Å². The molecule has 15 heteroatoms. The Labute approximate surface area is 226 Å². The lowest BCUT2D eigenvalue weighted by molar-refractivity contribution is -0.297. The highest BCUT2D eigenvalue weighted by Gasteiger charge is 2.53. The number of methoxy groups -OCH3 is 1. The highest BCUT2D eigenvalue weighted by Crippen LogP contribution is 2.32. The number of aliphatic hydroxyl groups is 4. The van der Waals surface area contributed by atoms with Gasteiger partial charge >= 0.3 is 11.9 Å². The van der Waals surface area contributed by atoms with E-state index in [0.717, 1.165) is 12.1 Å². The number of phenols is 2. The number of ether oxygens (including phenoxy) is 6. The van der Waals surface area contributed by atoms with E-state index in [1.807, 2.05) is 0 Å². The van der Waals surface area contributed by atoms with E-state index in [0.29, 0.717) is 0 Å². The molecule has 0 radical (unpaired) electrons. The normalized spacial score (nSPS) is 30.0. The molecular weight excluding hydrogens is 540 g/mol. The first-order valence-electron chi connectivity index (χ1n) is 11.9. The van der Waals surface area contributed by atoms with Crippen LogP contribution in [-0.4, -0.2) is 117 Å². The minimum absolute atomic E-state index is 0.00352. The SMILES string of the molecule is COc1cc(C(=O)OCC2(O)COC(OC3C(Oc4ccc(O)c(C(=O)O)c4)OCC(O)C3O)C2O)ccc1O. The van der Waals surface area contributed by atoms with Crippen LogP contribution in [0.15, 0.2) is 36.4 Å². The van der Waals surface area contributed by atoms with Crippen LogP contribution in [0.25, 0.3) is 0 Å². The summed E-state index contributed by atoms with van der Waals surface area (Å²) in [5, 5.41) is 70.8. The van der Waals surface area contributed by atoms with E-state index in [1.165, 1.54) is 31.4 Å². The van der Waals surface area contributed by atoms with Gasteiger partial charge in [0, 0.05) is 0 Å². The quantitative estimate of drug-likeness (QED) is 0.179. The van der Waals surface area contributed by atoms with E-state index in [2.05, 4.69) is 0 Å². The Kier molecular flexibility index (Phi) is 8.65. The van der Waals surface area contributed by atoms with Crippen LogP contribution in [-0.2, 0) is 18.9 Å². The van der Waals surface area contributed by atoms with Gasteiger partial charge in [0.1, 0.15) is 42.0 Å². The van der Waals surface area contributed by atoms with Crippen LogP contribution in [0, 0.1) is 0 Å². The van der Waals surface area contributed by atoms with Crippen LogP contribution < -0.4 is 9.47 Å². The lowest BCUT2D eigenvalue weighted by Gasteiger charge is -2.39. The molecule has 2 aliphatic heterocycles. The zero-order valence-corrected chi connectivity index (χ0v) is 20.9. The molecule has 4 rings (SSSR count). The van der Waals surface area contributed by atoms with Crippen LogP contribution in [0.2, 0.25) is 0 Å². The summed E-state index contributed by atoms with van der Waals surface area (Å²) in [6.45, 7) is -1.66. The number of carboxylic acid groups (broad SMARTS) is 1. The van der Waals surface area contributed by atoms with E-state index in [9.17, 15) is 45.3 Å². The molecule has 0 bridgehead atoms. The molecule has 0 amide bonds. The molecule has 218 valence electrons. The molecule has 15 nitrogen and oxygen atoms in total. The van der Waals surface area contributed by atoms with Crippen molar-refractivity contribution in [2.24, 2.45) is 0 Å². The zero-order valence-electron chi connectivity index (χ0n) is 20.9. The minimum atomic E-state index is -2.13. The molecule has 7 atom stereocenters. The first kappa shape index (κ1) is 29.3. The number of carbonyl (C=O) groups excluding carboxylic acids is 1. The van der Waals surface area contributed by atoms with Crippen molar-refractivity contribution in [3.63, 3.8) is 0 Å².